The summed E-state index contributed by atoms with van der Waals surface area (Å²) in [6.45, 7) is 1.57. The van der Waals surface area contributed by atoms with Gasteiger partial charge in [-0.1, -0.05) is 12.1 Å². The summed E-state index contributed by atoms with van der Waals surface area (Å²) in [7, 11) is 1.54. The van der Waals surface area contributed by atoms with E-state index in [-0.39, 0.29) is 16.4 Å². The Balaban J connectivity index is 2.17. The Kier molecular flexibility index (Phi) is 4.90. The molecule has 0 atom stereocenters. The molecule has 0 bridgehead atoms. The Morgan fingerprint density at radius 2 is 2.18 bits per heavy atom. The van der Waals surface area contributed by atoms with Crippen molar-refractivity contribution >= 4 is 29.2 Å². The first-order valence-electron chi connectivity index (χ1n) is 6.33. The highest BCUT2D eigenvalue weighted by Gasteiger charge is 2.08. The molecule has 0 saturated carbocycles. The standard InChI is InChI=1S/C15H14N2O4S/c1-9-7-12(18)10(14(19)21-9)8-16-15(22)17-11-5-3-4-6-13(11)20-2/h3-8,18H,1-2H3,(H,17,22). The summed E-state index contributed by atoms with van der Waals surface area (Å²) in [4.78, 5) is 15.6. The Morgan fingerprint density at radius 3 is 2.86 bits per heavy atom. The zero-order chi connectivity index (χ0) is 16.1. The Labute approximate surface area is 132 Å². The molecule has 0 amide bonds. The van der Waals surface area contributed by atoms with Gasteiger partial charge in [0.25, 0.3) is 0 Å². The molecule has 0 fully saturated rings. The Bertz CT molecular complexity index is 783. The quantitative estimate of drug-likeness (QED) is 0.668. The van der Waals surface area contributed by atoms with E-state index in [2.05, 4.69) is 10.3 Å². The number of aliphatic imine (C=N–C) groups is 1. The van der Waals surface area contributed by atoms with Crippen molar-refractivity contribution in [3.8, 4) is 11.5 Å². The predicted octanol–water partition coefficient (Wildman–Crippen LogP) is 2.48. The highest BCUT2D eigenvalue weighted by Crippen LogP contribution is 2.23. The van der Waals surface area contributed by atoms with Crippen LogP contribution in [-0.2, 0) is 0 Å². The summed E-state index contributed by atoms with van der Waals surface area (Å²) in [6.07, 6.45) is 1.16. The van der Waals surface area contributed by atoms with E-state index in [1.54, 1.807) is 26.2 Å². The number of ether oxygens (including phenoxy) is 1. The Morgan fingerprint density at radius 1 is 1.45 bits per heavy atom. The van der Waals surface area contributed by atoms with E-state index in [0.717, 1.165) is 6.21 Å². The zero-order valence-electron chi connectivity index (χ0n) is 12.0. The van der Waals surface area contributed by atoms with E-state index < -0.39 is 5.63 Å². The van der Waals surface area contributed by atoms with Crippen LogP contribution in [0, 0.1) is 6.92 Å². The smallest absolute Gasteiger partial charge is 0.348 e. The second kappa shape index (κ2) is 6.86. The minimum absolute atomic E-state index is 0.0604. The number of anilines is 1. The van der Waals surface area contributed by atoms with Crippen LogP contribution in [-0.4, -0.2) is 23.5 Å². The van der Waals surface area contributed by atoms with Crippen molar-refractivity contribution in [1.82, 2.24) is 0 Å². The first kappa shape index (κ1) is 15.7. The molecule has 2 N–H and O–H groups in total. The molecule has 22 heavy (non-hydrogen) atoms. The first-order chi connectivity index (χ1) is 10.5. The van der Waals surface area contributed by atoms with Crippen molar-refractivity contribution in [2.75, 3.05) is 12.4 Å². The molecular weight excluding hydrogens is 304 g/mol. The summed E-state index contributed by atoms with van der Waals surface area (Å²) in [5.41, 5.74) is -0.0940. The molecule has 1 aromatic carbocycles. The molecule has 0 aliphatic rings. The average Bonchev–Trinajstić information content (AvgIpc) is 2.46. The fraction of sp³-hybridized carbons (Fsp3) is 0.133. The highest BCUT2D eigenvalue weighted by atomic mass is 32.1. The van der Waals surface area contributed by atoms with E-state index in [9.17, 15) is 9.90 Å². The molecule has 1 heterocycles. The molecule has 114 valence electrons. The third kappa shape index (κ3) is 3.70. The molecule has 1 aromatic heterocycles. The molecule has 6 nitrogen and oxygen atoms in total. The Hall–Kier alpha value is -2.67. The summed E-state index contributed by atoms with van der Waals surface area (Å²) >= 11 is 5.08. The zero-order valence-corrected chi connectivity index (χ0v) is 12.8. The highest BCUT2D eigenvalue weighted by molar-refractivity contribution is 7.80. The van der Waals surface area contributed by atoms with Gasteiger partial charge >= 0.3 is 5.63 Å². The number of methoxy groups -OCH3 is 1. The number of aryl methyl sites for hydroxylation is 1. The van der Waals surface area contributed by atoms with Gasteiger partial charge in [-0.3, -0.25) is 0 Å². The number of hydrogen-bond acceptors (Lipinski definition) is 5. The fourth-order valence-corrected chi connectivity index (χ4v) is 1.91. The molecule has 2 rings (SSSR count). The third-order valence-corrected chi connectivity index (χ3v) is 2.96. The molecule has 0 spiro atoms. The molecule has 0 saturated heterocycles. The lowest BCUT2D eigenvalue weighted by Crippen LogP contribution is -2.11. The van der Waals surface area contributed by atoms with E-state index in [1.165, 1.54) is 6.07 Å². The summed E-state index contributed by atoms with van der Waals surface area (Å²) < 4.78 is 10.1. The van der Waals surface area contributed by atoms with Crippen LogP contribution < -0.4 is 15.7 Å². The average molecular weight is 318 g/mol. The van der Waals surface area contributed by atoms with Gasteiger partial charge < -0.3 is 19.6 Å². The topological polar surface area (TPSA) is 84.1 Å². The van der Waals surface area contributed by atoms with Crippen molar-refractivity contribution in [3.05, 3.63) is 52.1 Å². The number of para-hydroxylation sites is 2. The predicted molar refractivity (Wildman–Crippen MR) is 88.2 cm³/mol. The minimum atomic E-state index is -0.679. The second-order valence-electron chi connectivity index (χ2n) is 4.33. The van der Waals surface area contributed by atoms with Crippen molar-refractivity contribution in [2.45, 2.75) is 6.92 Å². The van der Waals surface area contributed by atoms with Crippen LogP contribution in [0.15, 0.2) is 44.5 Å². The van der Waals surface area contributed by atoms with Gasteiger partial charge in [-0.2, -0.15) is 0 Å². The van der Waals surface area contributed by atoms with Gasteiger partial charge in [0.2, 0.25) is 0 Å². The summed E-state index contributed by atoms with van der Waals surface area (Å²) in [6, 6.07) is 8.52. The van der Waals surface area contributed by atoms with Crippen LogP contribution in [0.25, 0.3) is 0 Å². The van der Waals surface area contributed by atoms with Crippen LogP contribution >= 0.6 is 12.2 Å². The molecule has 2 aromatic rings. The van der Waals surface area contributed by atoms with Crippen LogP contribution in [0.4, 0.5) is 5.69 Å². The molecule has 0 unspecified atom stereocenters. The molecule has 0 aliphatic heterocycles. The van der Waals surface area contributed by atoms with Gasteiger partial charge in [0.1, 0.15) is 22.8 Å². The van der Waals surface area contributed by atoms with Crippen molar-refractivity contribution in [3.63, 3.8) is 0 Å². The van der Waals surface area contributed by atoms with E-state index in [1.807, 2.05) is 12.1 Å². The van der Waals surface area contributed by atoms with Crippen LogP contribution in [0.3, 0.4) is 0 Å². The maximum Gasteiger partial charge on any atom is 0.348 e. The van der Waals surface area contributed by atoms with Gasteiger partial charge in [-0.15, -0.1) is 0 Å². The number of benzene rings is 1. The summed E-state index contributed by atoms with van der Waals surface area (Å²) in [5, 5.41) is 12.7. The van der Waals surface area contributed by atoms with Gasteiger partial charge in [0, 0.05) is 12.3 Å². The number of hydrogen-bond donors (Lipinski definition) is 2. The summed E-state index contributed by atoms with van der Waals surface area (Å²) in [5.74, 6) is 0.713. The first-order valence-corrected chi connectivity index (χ1v) is 6.74. The van der Waals surface area contributed by atoms with Crippen molar-refractivity contribution in [1.29, 1.82) is 0 Å². The SMILES string of the molecule is COc1ccccc1NC(=S)N=Cc1c(O)cc(C)oc1=O. The van der Waals surface area contributed by atoms with E-state index >= 15 is 0 Å². The van der Waals surface area contributed by atoms with Crippen LogP contribution in [0.2, 0.25) is 0 Å². The van der Waals surface area contributed by atoms with Gasteiger partial charge in [0.05, 0.1) is 12.8 Å². The van der Waals surface area contributed by atoms with Gasteiger partial charge in [-0.05, 0) is 31.3 Å². The fourth-order valence-electron chi connectivity index (χ4n) is 1.74. The number of aromatic hydroxyl groups is 1. The van der Waals surface area contributed by atoms with E-state index in [4.69, 9.17) is 21.4 Å². The normalized spacial score (nSPS) is 10.6. The van der Waals surface area contributed by atoms with Crippen molar-refractivity contribution < 1.29 is 14.3 Å². The number of thiocarbonyl (C=S) groups is 1. The van der Waals surface area contributed by atoms with Crippen LogP contribution in [0.1, 0.15) is 11.3 Å². The lowest BCUT2D eigenvalue weighted by atomic mass is 10.2. The van der Waals surface area contributed by atoms with E-state index in [0.29, 0.717) is 17.2 Å². The molecule has 7 heteroatoms. The van der Waals surface area contributed by atoms with Gasteiger partial charge in [0.15, 0.2) is 5.11 Å². The lowest BCUT2D eigenvalue weighted by Gasteiger charge is -2.08. The van der Waals surface area contributed by atoms with Gasteiger partial charge in [-0.25, -0.2) is 9.79 Å². The molecule has 0 aliphatic carbocycles. The largest absolute Gasteiger partial charge is 0.507 e. The third-order valence-electron chi connectivity index (χ3n) is 2.75. The van der Waals surface area contributed by atoms with Crippen molar-refractivity contribution in [2.24, 2.45) is 4.99 Å². The molecular formula is C15H14N2O4S. The number of nitrogens with one attached hydrogen (secondary N) is 1. The maximum absolute atomic E-state index is 11.6. The lowest BCUT2D eigenvalue weighted by molar-refractivity contribution is 0.417. The van der Waals surface area contributed by atoms with Crippen LogP contribution in [0.5, 0.6) is 11.5 Å². The minimum Gasteiger partial charge on any atom is -0.507 e. The number of rotatable bonds is 3. The monoisotopic (exact) mass is 318 g/mol. The maximum atomic E-state index is 11.6. The second-order valence-corrected chi connectivity index (χ2v) is 4.72. The molecule has 0 radical (unpaired) electrons. The number of nitrogens with zero attached hydrogens (tertiary/aromatic N) is 1.